The summed E-state index contributed by atoms with van der Waals surface area (Å²) in [6.07, 6.45) is -2.47. The molecule has 1 saturated carbocycles. The van der Waals surface area contributed by atoms with Crippen molar-refractivity contribution in [2.24, 2.45) is 11.8 Å². The Labute approximate surface area is 259 Å². The third-order valence-electron chi connectivity index (χ3n) is 9.72. The van der Waals surface area contributed by atoms with E-state index < -0.39 is 23.3 Å². The van der Waals surface area contributed by atoms with Gasteiger partial charge in [0.1, 0.15) is 0 Å². The molecule has 2 fully saturated rings. The molecule has 1 unspecified atom stereocenters. The van der Waals surface area contributed by atoms with Crippen molar-refractivity contribution in [1.82, 2.24) is 4.90 Å². The molecule has 2 N–H and O–H groups in total. The van der Waals surface area contributed by atoms with Gasteiger partial charge in [0.2, 0.25) is 0 Å². The number of likely N-dealkylation sites (tertiary alicyclic amines) is 1. The van der Waals surface area contributed by atoms with E-state index >= 15 is 0 Å². The minimum Gasteiger partial charge on any atom is -0.478 e. The molecule has 0 aromatic heterocycles. The number of hydrogen-bond donors (Lipinski definition) is 2. The van der Waals surface area contributed by atoms with Gasteiger partial charge in [-0.2, -0.15) is 13.2 Å². The summed E-state index contributed by atoms with van der Waals surface area (Å²) in [5.74, 6) is -0.806. The first-order valence-corrected chi connectivity index (χ1v) is 15.2. The molecule has 5 aromatic rings. The third kappa shape index (κ3) is 5.40. The molecule has 7 heteroatoms. The van der Waals surface area contributed by atoms with E-state index in [1.165, 1.54) is 17.7 Å². The molecule has 0 radical (unpaired) electrons. The van der Waals surface area contributed by atoms with E-state index in [2.05, 4.69) is 29.2 Å². The molecule has 1 saturated heterocycles. The van der Waals surface area contributed by atoms with Crippen molar-refractivity contribution in [2.75, 3.05) is 13.1 Å². The van der Waals surface area contributed by atoms with Crippen molar-refractivity contribution in [3.05, 3.63) is 131 Å². The number of halogens is 3. The lowest BCUT2D eigenvalue weighted by atomic mass is 9.75. The molecule has 1 heterocycles. The summed E-state index contributed by atoms with van der Waals surface area (Å²) in [6.45, 7) is 2.53. The zero-order valence-corrected chi connectivity index (χ0v) is 24.5. The van der Waals surface area contributed by atoms with E-state index in [9.17, 15) is 28.2 Å². The summed E-state index contributed by atoms with van der Waals surface area (Å²) in [5, 5.41) is 23.5. The maximum Gasteiger partial charge on any atom is 0.416 e. The first-order valence-electron chi connectivity index (χ1n) is 15.2. The smallest absolute Gasteiger partial charge is 0.416 e. The van der Waals surface area contributed by atoms with Gasteiger partial charge in [-0.05, 0) is 87.3 Å². The number of aliphatic hydroxyl groups is 1. The molecular weight excluding hydrogens is 575 g/mol. The fraction of sp³-hybridized carbons (Fsp3) is 0.237. The highest BCUT2D eigenvalue weighted by Crippen LogP contribution is 2.51. The molecule has 45 heavy (non-hydrogen) atoms. The average molecular weight is 608 g/mol. The van der Waals surface area contributed by atoms with Gasteiger partial charge in [0.05, 0.1) is 16.7 Å². The van der Waals surface area contributed by atoms with E-state index in [0.717, 1.165) is 66.7 Å². The van der Waals surface area contributed by atoms with Crippen molar-refractivity contribution in [1.29, 1.82) is 0 Å². The number of carboxylic acid groups (broad SMARTS) is 1. The second kappa shape index (κ2) is 11.2. The first-order chi connectivity index (χ1) is 21.6. The molecule has 5 aromatic carbocycles. The number of carbonyl (C=O) groups is 1. The Kier molecular flexibility index (Phi) is 7.26. The number of rotatable bonds is 6. The maximum atomic E-state index is 13.1. The number of piperidine rings is 1. The van der Waals surface area contributed by atoms with Gasteiger partial charge in [-0.1, -0.05) is 78.9 Å². The lowest BCUT2D eigenvalue weighted by Crippen LogP contribution is -2.51. The highest BCUT2D eigenvalue weighted by molar-refractivity contribution is 6.04. The summed E-state index contributed by atoms with van der Waals surface area (Å²) in [7, 11) is 0. The van der Waals surface area contributed by atoms with Crippen LogP contribution in [0.15, 0.2) is 109 Å². The number of alkyl halides is 3. The van der Waals surface area contributed by atoms with Crippen LogP contribution in [0.25, 0.3) is 33.0 Å². The van der Waals surface area contributed by atoms with Crippen LogP contribution in [0.5, 0.6) is 0 Å². The highest BCUT2D eigenvalue weighted by atomic mass is 19.4. The normalized spacial score (nSPS) is 21.7. The van der Waals surface area contributed by atoms with Crippen LogP contribution in [0, 0.1) is 11.8 Å². The fourth-order valence-corrected chi connectivity index (χ4v) is 7.46. The van der Waals surface area contributed by atoms with Gasteiger partial charge in [-0.15, -0.1) is 0 Å². The topological polar surface area (TPSA) is 60.8 Å². The minimum atomic E-state index is -4.42. The van der Waals surface area contributed by atoms with Gasteiger partial charge in [0.25, 0.3) is 0 Å². The standard InChI is InChI=1S/C38H32F3NO3/c39-38(40,41)31-13-6-25(7-14-31)27-10-17-34-28(18-27)19-29(36(43)44)20-35(34)26-8-11-30(12-9-26)37(45)32-15-16-33(37)23-42(22-32)21-24-4-2-1-3-5-24/h1-14,17-20,32-33,45H,15-16,21-23H2,(H,43,44)/t32-,33+,37?. The summed E-state index contributed by atoms with van der Waals surface area (Å²) in [4.78, 5) is 14.5. The summed E-state index contributed by atoms with van der Waals surface area (Å²) < 4.78 is 39.2. The van der Waals surface area contributed by atoms with Crippen molar-refractivity contribution in [2.45, 2.75) is 31.2 Å². The van der Waals surface area contributed by atoms with Crippen LogP contribution in [0.4, 0.5) is 13.2 Å². The largest absolute Gasteiger partial charge is 0.478 e. The molecule has 2 aliphatic rings. The summed E-state index contributed by atoms with van der Waals surface area (Å²) in [5.41, 5.74) is 3.51. The van der Waals surface area contributed by atoms with Gasteiger partial charge in [-0.3, -0.25) is 4.90 Å². The van der Waals surface area contributed by atoms with Crippen LogP contribution >= 0.6 is 0 Å². The predicted octanol–water partition coefficient (Wildman–Crippen LogP) is 8.62. The van der Waals surface area contributed by atoms with Gasteiger partial charge < -0.3 is 10.2 Å². The Morgan fingerprint density at radius 3 is 2.02 bits per heavy atom. The van der Waals surface area contributed by atoms with Crippen LogP contribution in [0.1, 0.15) is 39.9 Å². The van der Waals surface area contributed by atoms with Crippen LogP contribution in [-0.4, -0.2) is 34.2 Å². The SMILES string of the molecule is O=C(O)c1cc(-c2ccc(C3(O)[C@@H]4CC[C@H]3CN(Cc3ccccc3)C4)cc2)c2ccc(-c3ccc(C(F)(F)F)cc3)cc2c1. The van der Waals surface area contributed by atoms with Crippen LogP contribution in [0.2, 0.25) is 0 Å². The minimum absolute atomic E-state index is 0.119. The van der Waals surface area contributed by atoms with Gasteiger partial charge >= 0.3 is 12.1 Å². The van der Waals surface area contributed by atoms with Crippen molar-refractivity contribution in [3.63, 3.8) is 0 Å². The zero-order valence-electron chi connectivity index (χ0n) is 24.5. The van der Waals surface area contributed by atoms with Crippen LogP contribution in [0.3, 0.4) is 0 Å². The predicted molar refractivity (Wildman–Crippen MR) is 169 cm³/mol. The Morgan fingerprint density at radius 2 is 1.40 bits per heavy atom. The number of hydrogen-bond acceptors (Lipinski definition) is 3. The van der Waals surface area contributed by atoms with E-state index in [0.29, 0.717) is 16.5 Å². The monoisotopic (exact) mass is 607 g/mol. The van der Waals surface area contributed by atoms with Crippen molar-refractivity contribution >= 4 is 16.7 Å². The lowest BCUT2D eigenvalue weighted by molar-refractivity contribution is -0.137. The number of fused-ring (bicyclic) bond motifs is 3. The quantitative estimate of drug-likeness (QED) is 0.203. The van der Waals surface area contributed by atoms with E-state index in [1.807, 2.05) is 48.5 Å². The van der Waals surface area contributed by atoms with Gasteiger partial charge in [0, 0.05) is 31.5 Å². The molecule has 0 spiro atoms. The van der Waals surface area contributed by atoms with E-state index in [-0.39, 0.29) is 17.4 Å². The Hall–Kier alpha value is -4.46. The number of benzene rings is 5. The highest BCUT2D eigenvalue weighted by Gasteiger charge is 2.53. The zero-order chi connectivity index (χ0) is 31.3. The summed E-state index contributed by atoms with van der Waals surface area (Å²) in [6, 6.07) is 32.0. The molecule has 1 aliphatic heterocycles. The number of nitrogens with zero attached hydrogens (tertiary/aromatic N) is 1. The van der Waals surface area contributed by atoms with Crippen molar-refractivity contribution < 1.29 is 28.2 Å². The second-order valence-electron chi connectivity index (χ2n) is 12.4. The molecule has 4 nitrogen and oxygen atoms in total. The molecule has 228 valence electrons. The lowest BCUT2D eigenvalue weighted by Gasteiger charge is -2.45. The molecule has 7 rings (SSSR count). The number of aromatic carboxylic acids is 1. The Bertz CT molecular complexity index is 1850. The van der Waals surface area contributed by atoms with Crippen LogP contribution < -0.4 is 0 Å². The average Bonchev–Trinajstić information content (AvgIpc) is 3.19. The molecule has 0 amide bonds. The maximum absolute atomic E-state index is 13.1. The molecule has 2 bridgehead atoms. The van der Waals surface area contributed by atoms with Crippen LogP contribution in [-0.2, 0) is 18.3 Å². The summed E-state index contributed by atoms with van der Waals surface area (Å²) >= 11 is 0. The first kappa shape index (κ1) is 29.3. The van der Waals surface area contributed by atoms with E-state index in [4.69, 9.17) is 0 Å². The molecule has 1 aliphatic carbocycles. The van der Waals surface area contributed by atoms with E-state index in [1.54, 1.807) is 12.1 Å². The molecule has 3 atom stereocenters. The fourth-order valence-electron chi connectivity index (χ4n) is 7.46. The van der Waals surface area contributed by atoms with Crippen molar-refractivity contribution in [3.8, 4) is 22.3 Å². The van der Waals surface area contributed by atoms with Gasteiger partial charge in [0.15, 0.2) is 0 Å². The third-order valence-corrected chi connectivity index (χ3v) is 9.72. The number of carboxylic acids is 1. The second-order valence-corrected chi connectivity index (χ2v) is 12.4. The Morgan fingerprint density at radius 1 is 0.778 bits per heavy atom. The van der Waals surface area contributed by atoms with Gasteiger partial charge in [-0.25, -0.2) is 4.79 Å². The molecular formula is C38H32F3NO3. The Balaban J connectivity index is 1.19.